The van der Waals surface area contributed by atoms with E-state index in [0.717, 1.165) is 50.3 Å². The highest BCUT2D eigenvalue weighted by atomic mass is 19.4. The topological polar surface area (TPSA) is 150 Å². The molecule has 0 saturated heterocycles. The number of carbonyl (C=O) groups is 5. The van der Waals surface area contributed by atoms with Crippen molar-refractivity contribution in [3.05, 3.63) is 96.1 Å². The first kappa shape index (κ1) is 43.2. The van der Waals surface area contributed by atoms with Crippen molar-refractivity contribution in [1.29, 1.82) is 0 Å². The van der Waals surface area contributed by atoms with Gasteiger partial charge in [-0.3, -0.25) is 4.79 Å². The Labute approximate surface area is 304 Å². The van der Waals surface area contributed by atoms with Gasteiger partial charge >= 0.3 is 42.2 Å². The van der Waals surface area contributed by atoms with E-state index >= 15 is 0 Å². The van der Waals surface area contributed by atoms with Gasteiger partial charge in [0, 0.05) is 37.5 Å². The number of hydrogen-bond acceptors (Lipinski definition) is 12. The first-order valence-electron chi connectivity index (χ1n) is 16.0. The Morgan fingerprint density at radius 2 is 0.981 bits per heavy atom. The second-order valence-corrected chi connectivity index (χ2v) is 11.7. The Hall–Kier alpha value is -5.23. The van der Waals surface area contributed by atoms with Crippen molar-refractivity contribution < 1.29 is 83.5 Å². The number of ether oxygens (including phenoxy) is 7. The molecule has 0 fully saturated rings. The molecule has 0 N–H and O–H groups in total. The third-order valence-electron chi connectivity index (χ3n) is 7.99. The maximum atomic E-state index is 14.6. The number of benzene rings is 2. The average Bonchev–Trinajstić information content (AvgIpc) is 3.08. The van der Waals surface area contributed by atoms with Gasteiger partial charge in [0.25, 0.3) is 11.2 Å². The number of methoxy groups -OCH3 is 2. The van der Waals surface area contributed by atoms with Gasteiger partial charge in [0.15, 0.2) is 12.2 Å². The molecule has 294 valence electrons. The van der Waals surface area contributed by atoms with Gasteiger partial charge in [0.2, 0.25) is 0 Å². The predicted octanol–water partition coefficient (Wildman–Crippen LogP) is 5.33. The molecule has 3 rings (SSSR count). The van der Waals surface area contributed by atoms with Gasteiger partial charge in [-0.25, -0.2) is 19.2 Å². The summed E-state index contributed by atoms with van der Waals surface area (Å²) in [5.74, 6) is -7.64. The number of alkyl halides is 6. The van der Waals surface area contributed by atoms with E-state index in [2.05, 4.69) is 0 Å². The first-order chi connectivity index (χ1) is 25.2. The van der Waals surface area contributed by atoms with E-state index < -0.39 is 101 Å². The van der Waals surface area contributed by atoms with Crippen molar-refractivity contribution in [2.75, 3.05) is 14.2 Å². The highest BCUT2D eigenvalue weighted by molar-refractivity contribution is 5.86. The third-order valence-corrected chi connectivity index (χ3v) is 7.99. The zero-order chi connectivity index (χ0) is 40.5. The molecule has 0 aliphatic carbocycles. The van der Waals surface area contributed by atoms with E-state index in [1.165, 1.54) is 43.3 Å². The molecule has 0 amide bonds. The van der Waals surface area contributed by atoms with Gasteiger partial charge in [0.05, 0.1) is 6.42 Å². The maximum absolute atomic E-state index is 14.6. The third kappa shape index (κ3) is 9.65. The van der Waals surface area contributed by atoms with Crippen LogP contribution < -0.4 is 0 Å². The minimum atomic E-state index is -5.40. The number of rotatable bonds is 8. The number of carbonyl (C=O) groups excluding carboxylic acids is 5. The number of esters is 5. The fraction of sp³-hybridized carbons (Fsp3) is 0.417. The summed E-state index contributed by atoms with van der Waals surface area (Å²) in [6, 6.07) is 11.5. The van der Waals surface area contributed by atoms with Crippen LogP contribution in [0.2, 0.25) is 0 Å². The van der Waals surface area contributed by atoms with Crippen LogP contribution in [-0.2, 0) is 68.3 Å². The highest BCUT2D eigenvalue weighted by Gasteiger charge is 2.65. The molecule has 54 heavy (non-hydrogen) atoms. The molecule has 0 saturated carbocycles. The molecule has 2 aromatic carbocycles. The van der Waals surface area contributed by atoms with Gasteiger partial charge in [0.1, 0.15) is 18.3 Å². The van der Waals surface area contributed by atoms with Gasteiger partial charge in [-0.2, -0.15) is 26.3 Å². The summed E-state index contributed by atoms with van der Waals surface area (Å²) in [7, 11) is 1.23. The van der Waals surface area contributed by atoms with Crippen molar-refractivity contribution in [3.8, 4) is 0 Å². The Morgan fingerprint density at radius 3 is 1.35 bits per heavy atom. The van der Waals surface area contributed by atoms with Gasteiger partial charge in [-0.1, -0.05) is 60.7 Å². The first-order valence-corrected chi connectivity index (χ1v) is 16.0. The van der Waals surface area contributed by atoms with Crippen LogP contribution in [0.25, 0.3) is 0 Å². The summed E-state index contributed by atoms with van der Waals surface area (Å²) in [5, 5.41) is 0. The van der Waals surface area contributed by atoms with E-state index in [1.54, 1.807) is 0 Å². The van der Waals surface area contributed by atoms with Crippen molar-refractivity contribution >= 4 is 29.8 Å². The molecule has 12 nitrogen and oxygen atoms in total. The molecule has 1 aliphatic rings. The molecular formula is C36H36F6O12. The van der Waals surface area contributed by atoms with E-state index in [9.17, 15) is 50.3 Å². The lowest BCUT2D eigenvalue weighted by molar-refractivity contribution is -0.279. The van der Waals surface area contributed by atoms with Crippen molar-refractivity contribution in [1.82, 2.24) is 0 Å². The van der Waals surface area contributed by atoms with Gasteiger partial charge in [-0.15, -0.1) is 0 Å². The normalized spacial score (nSPS) is 25.4. The molecule has 2 aromatic rings. The van der Waals surface area contributed by atoms with E-state index in [0.29, 0.717) is 26.4 Å². The highest BCUT2D eigenvalue weighted by Crippen LogP contribution is 2.44. The van der Waals surface area contributed by atoms with Crippen LogP contribution in [0.15, 0.2) is 85.0 Å². The van der Waals surface area contributed by atoms with Crippen LogP contribution in [0, 0.1) is 0 Å². The van der Waals surface area contributed by atoms with E-state index in [-0.39, 0.29) is 0 Å². The molecule has 7 atom stereocenters. The Kier molecular flexibility index (Phi) is 14.2. The Balaban J connectivity index is 2.03. The molecule has 0 bridgehead atoms. The summed E-state index contributed by atoms with van der Waals surface area (Å²) >= 11 is 0. The summed E-state index contributed by atoms with van der Waals surface area (Å²) in [6.45, 7) is 3.45. The lowest BCUT2D eigenvalue weighted by Gasteiger charge is -2.34. The smallest absolute Gasteiger partial charge is 0.432 e. The molecule has 0 spiro atoms. The fourth-order valence-electron chi connectivity index (χ4n) is 5.24. The van der Waals surface area contributed by atoms with Crippen LogP contribution in [0.3, 0.4) is 0 Å². The Morgan fingerprint density at radius 1 is 0.611 bits per heavy atom. The molecule has 0 aromatic heterocycles. The van der Waals surface area contributed by atoms with Gasteiger partial charge < -0.3 is 33.2 Å². The predicted molar refractivity (Wildman–Crippen MR) is 172 cm³/mol. The van der Waals surface area contributed by atoms with Crippen molar-refractivity contribution in [2.24, 2.45) is 0 Å². The molecular weight excluding hydrogens is 738 g/mol. The zero-order valence-corrected chi connectivity index (χ0v) is 29.3. The van der Waals surface area contributed by atoms with Gasteiger partial charge in [-0.05, 0) is 32.9 Å². The Bertz CT molecular complexity index is 1690. The molecule has 1 aliphatic heterocycles. The van der Waals surface area contributed by atoms with E-state index in [1.807, 2.05) is 0 Å². The molecule has 0 unspecified atom stereocenters. The van der Waals surface area contributed by atoms with E-state index in [4.69, 9.17) is 33.2 Å². The van der Waals surface area contributed by atoms with Crippen LogP contribution in [0.5, 0.6) is 0 Å². The standard InChI is InChI=1S/C36H36F6O12/c1-21-20-30(45)52-23(3)27(54-32(47)34(49-5,36(40,41)42)25-14-10-7-11-15-25)17-19-29(44)51-22(2)26(16-18-28(43)50-21)53-31(46)33(48-4,35(37,38)39)24-12-8-6-9-13-24/h6-19,21-23,26-27H,20H2,1-5H3/b18-16+,19-17+/t21-,22-,23-,26+,27+,33+,34+/m0/s1. The zero-order valence-electron chi connectivity index (χ0n) is 29.3. The molecule has 0 radical (unpaired) electrons. The summed E-state index contributed by atoms with van der Waals surface area (Å²) in [6.07, 6.45) is -17.1. The monoisotopic (exact) mass is 774 g/mol. The van der Waals surface area contributed by atoms with Crippen molar-refractivity contribution in [3.63, 3.8) is 0 Å². The largest absolute Gasteiger partial charge is 0.459 e. The number of cyclic esters (lactones) is 3. The number of hydrogen-bond donors (Lipinski definition) is 0. The summed E-state index contributed by atoms with van der Waals surface area (Å²) < 4.78 is 123. The lowest BCUT2D eigenvalue weighted by Crippen LogP contribution is -2.53. The summed E-state index contributed by atoms with van der Waals surface area (Å²) in [5.41, 5.74) is -8.70. The minimum absolute atomic E-state index is 0.563. The quantitative estimate of drug-likeness (QED) is 0.194. The second kappa shape index (κ2) is 17.7. The molecule has 1 heterocycles. The second-order valence-electron chi connectivity index (χ2n) is 11.7. The average molecular weight is 775 g/mol. The van der Waals surface area contributed by atoms with Crippen LogP contribution in [0.1, 0.15) is 38.3 Å². The van der Waals surface area contributed by atoms with Crippen LogP contribution in [-0.4, -0.2) is 86.9 Å². The minimum Gasteiger partial charge on any atom is -0.459 e. The van der Waals surface area contributed by atoms with Crippen LogP contribution in [0.4, 0.5) is 26.3 Å². The van der Waals surface area contributed by atoms with Crippen molar-refractivity contribution in [2.45, 2.75) is 81.3 Å². The fourth-order valence-corrected chi connectivity index (χ4v) is 5.24. The number of halogens is 6. The van der Waals surface area contributed by atoms with Crippen LogP contribution >= 0.6 is 0 Å². The summed E-state index contributed by atoms with van der Waals surface area (Å²) in [4.78, 5) is 65.0. The lowest BCUT2D eigenvalue weighted by atomic mass is 9.92. The molecule has 18 heteroatoms. The SMILES string of the molecule is CO[C@@](C(=O)O[C@@H]1/C=C/C(=O)O[C@@H](C)CC(=O)O[C@@H](C)[C@H](OC(=O)[C@](OC)(c2ccccc2)C(F)(F)F)/C=C/C(=O)O[C@H]1C)(c1ccccc1)C(F)(F)F. The maximum Gasteiger partial charge on any atom is 0.432 e.